The first-order chi connectivity index (χ1) is 18.8. The second-order valence-electron chi connectivity index (χ2n) is 9.42. The summed E-state index contributed by atoms with van der Waals surface area (Å²) in [5.74, 6) is -0.780. The zero-order chi connectivity index (χ0) is 27.9. The SMILES string of the molecule is COc1ccc([C@H](C(=O)NC2CCCCC2)N(Cc2ccccc2)C(=O)c2snc(C(N)=O)c2N)cc1OC. The number of nitrogen functional groups attached to an aromatic ring is 1. The quantitative estimate of drug-likeness (QED) is 0.348. The topological polar surface area (TPSA) is 150 Å². The van der Waals surface area contributed by atoms with E-state index in [0.29, 0.717) is 17.1 Å². The van der Waals surface area contributed by atoms with Crippen LogP contribution in [-0.2, 0) is 11.3 Å². The first kappa shape index (κ1) is 27.9. The molecule has 1 aromatic heterocycles. The first-order valence-electron chi connectivity index (χ1n) is 12.8. The number of carbonyl (C=O) groups excluding carboxylic acids is 3. The minimum Gasteiger partial charge on any atom is -0.493 e. The van der Waals surface area contributed by atoms with Crippen molar-refractivity contribution in [1.82, 2.24) is 14.6 Å². The second-order valence-corrected chi connectivity index (χ2v) is 10.2. The number of anilines is 1. The molecule has 2 aromatic carbocycles. The number of amides is 3. The Kier molecular flexibility index (Phi) is 9.03. The fraction of sp³-hybridized carbons (Fsp3) is 0.357. The maximum absolute atomic E-state index is 14.1. The molecule has 1 saturated carbocycles. The fourth-order valence-corrected chi connectivity index (χ4v) is 5.60. The van der Waals surface area contributed by atoms with Crippen LogP contribution in [0.15, 0.2) is 48.5 Å². The van der Waals surface area contributed by atoms with Gasteiger partial charge in [0, 0.05) is 12.6 Å². The number of hydrogen-bond donors (Lipinski definition) is 3. The number of methoxy groups -OCH3 is 2. The molecule has 3 amide bonds. The van der Waals surface area contributed by atoms with Gasteiger partial charge in [-0.25, -0.2) is 0 Å². The summed E-state index contributed by atoms with van der Waals surface area (Å²) in [6.45, 7) is 0.0972. The molecule has 3 aromatic rings. The van der Waals surface area contributed by atoms with Gasteiger partial charge in [-0.2, -0.15) is 4.37 Å². The van der Waals surface area contributed by atoms with Gasteiger partial charge in [0.05, 0.1) is 19.9 Å². The van der Waals surface area contributed by atoms with E-state index in [1.807, 2.05) is 30.3 Å². The summed E-state index contributed by atoms with van der Waals surface area (Å²) in [6.07, 6.45) is 4.95. The number of nitrogens with one attached hydrogen (secondary N) is 1. The fourth-order valence-electron chi connectivity index (χ4n) is 4.84. The zero-order valence-electron chi connectivity index (χ0n) is 22.0. The molecule has 0 unspecified atom stereocenters. The van der Waals surface area contributed by atoms with Crippen molar-refractivity contribution < 1.29 is 23.9 Å². The highest BCUT2D eigenvalue weighted by molar-refractivity contribution is 7.09. The van der Waals surface area contributed by atoms with Crippen LogP contribution in [0, 0.1) is 0 Å². The molecule has 1 aliphatic carbocycles. The number of primary amides is 1. The van der Waals surface area contributed by atoms with Crippen LogP contribution in [0.25, 0.3) is 0 Å². The van der Waals surface area contributed by atoms with Gasteiger partial charge in [-0.1, -0.05) is 55.7 Å². The minimum atomic E-state index is -1.04. The smallest absolute Gasteiger partial charge is 0.270 e. The summed E-state index contributed by atoms with van der Waals surface area (Å²) >= 11 is 0.782. The minimum absolute atomic E-state index is 0.0116. The van der Waals surface area contributed by atoms with Crippen LogP contribution in [0.4, 0.5) is 5.69 Å². The Hall–Kier alpha value is -4.12. The van der Waals surface area contributed by atoms with E-state index in [1.54, 1.807) is 18.2 Å². The lowest BCUT2D eigenvalue weighted by molar-refractivity contribution is -0.127. The van der Waals surface area contributed by atoms with Gasteiger partial charge in [-0.15, -0.1) is 0 Å². The Morgan fingerprint density at radius 2 is 1.74 bits per heavy atom. The average Bonchev–Trinajstić information content (AvgIpc) is 3.34. The summed E-state index contributed by atoms with van der Waals surface area (Å²) in [7, 11) is 3.04. The van der Waals surface area contributed by atoms with Gasteiger partial charge in [0.15, 0.2) is 17.2 Å². The molecule has 4 rings (SSSR count). The molecule has 1 aliphatic rings. The molecule has 11 heteroatoms. The molecule has 39 heavy (non-hydrogen) atoms. The van der Waals surface area contributed by atoms with Gasteiger partial charge in [0.1, 0.15) is 10.9 Å². The Morgan fingerprint density at radius 3 is 2.36 bits per heavy atom. The van der Waals surface area contributed by atoms with Crippen molar-refractivity contribution in [1.29, 1.82) is 0 Å². The number of carbonyl (C=O) groups is 3. The van der Waals surface area contributed by atoms with Crippen LogP contribution in [-0.4, -0.2) is 47.3 Å². The number of benzene rings is 2. The van der Waals surface area contributed by atoms with Gasteiger partial charge in [0.2, 0.25) is 5.91 Å². The molecule has 5 N–H and O–H groups in total. The molecule has 0 spiro atoms. The lowest BCUT2D eigenvalue weighted by atomic mass is 9.94. The number of nitrogens with two attached hydrogens (primary N) is 2. The highest BCUT2D eigenvalue weighted by atomic mass is 32.1. The third-order valence-electron chi connectivity index (χ3n) is 6.85. The second kappa shape index (κ2) is 12.6. The zero-order valence-corrected chi connectivity index (χ0v) is 22.8. The van der Waals surface area contributed by atoms with Crippen LogP contribution < -0.4 is 26.3 Å². The number of ether oxygens (including phenoxy) is 2. The molecule has 0 bridgehead atoms. The van der Waals surface area contributed by atoms with Crippen molar-refractivity contribution in [2.45, 2.75) is 50.7 Å². The number of hydrogen-bond acceptors (Lipinski definition) is 8. The van der Waals surface area contributed by atoms with Crippen molar-refractivity contribution >= 4 is 34.9 Å². The van der Waals surface area contributed by atoms with E-state index < -0.39 is 17.9 Å². The van der Waals surface area contributed by atoms with Crippen molar-refractivity contribution in [3.05, 3.63) is 70.2 Å². The van der Waals surface area contributed by atoms with Crippen LogP contribution in [0.5, 0.6) is 11.5 Å². The largest absolute Gasteiger partial charge is 0.493 e. The first-order valence-corrected chi connectivity index (χ1v) is 13.5. The van der Waals surface area contributed by atoms with Gasteiger partial charge >= 0.3 is 0 Å². The Labute approximate surface area is 231 Å². The summed E-state index contributed by atoms with van der Waals surface area (Å²) in [5.41, 5.74) is 12.6. The van der Waals surface area contributed by atoms with E-state index in [2.05, 4.69) is 9.69 Å². The van der Waals surface area contributed by atoms with Crippen LogP contribution in [0.3, 0.4) is 0 Å². The van der Waals surface area contributed by atoms with Gasteiger partial charge in [-0.05, 0) is 47.6 Å². The van der Waals surface area contributed by atoms with Gasteiger partial charge in [0.25, 0.3) is 11.8 Å². The summed E-state index contributed by atoms with van der Waals surface area (Å²) in [4.78, 5) is 41.5. The number of rotatable bonds is 10. The molecule has 0 aliphatic heterocycles. The highest BCUT2D eigenvalue weighted by Gasteiger charge is 2.36. The normalized spacial score (nSPS) is 14.3. The van der Waals surface area contributed by atoms with Crippen molar-refractivity contribution in [2.24, 2.45) is 5.73 Å². The van der Waals surface area contributed by atoms with Gasteiger partial charge in [-0.3, -0.25) is 14.4 Å². The van der Waals surface area contributed by atoms with Gasteiger partial charge < -0.3 is 31.2 Å². The van der Waals surface area contributed by atoms with Crippen molar-refractivity contribution in [3.8, 4) is 11.5 Å². The van der Waals surface area contributed by atoms with E-state index in [4.69, 9.17) is 20.9 Å². The summed E-state index contributed by atoms with van der Waals surface area (Å²) < 4.78 is 14.9. The monoisotopic (exact) mass is 551 g/mol. The van der Waals surface area contributed by atoms with Crippen molar-refractivity contribution in [2.75, 3.05) is 20.0 Å². The molecule has 0 saturated heterocycles. The van der Waals surface area contributed by atoms with E-state index in [-0.39, 0.29) is 34.8 Å². The Bertz CT molecular complexity index is 1320. The number of nitrogens with zero attached hydrogens (tertiary/aromatic N) is 2. The average molecular weight is 552 g/mol. The molecule has 1 heterocycles. The summed E-state index contributed by atoms with van der Waals surface area (Å²) in [5, 5.41) is 3.17. The third-order valence-corrected chi connectivity index (χ3v) is 7.70. The predicted molar refractivity (Wildman–Crippen MR) is 149 cm³/mol. The van der Waals surface area contributed by atoms with E-state index in [1.165, 1.54) is 19.1 Å². The van der Waals surface area contributed by atoms with Crippen LogP contribution in [0.2, 0.25) is 0 Å². The Balaban J connectivity index is 1.82. The lowest BCUT2D eigenvalue weighted by Gasteiger charge is -2.33. The predicted octanol–water partition coefficient (Wildman–Crippen LogP) is 3.67. The standard InChI is InChI=1S/C28H33N5O5S/c1-37-20-14-13-18(15-21(20)38-2)24(27(35)31-19-11-7-4-8-12-19)33(16-17-9-5-3-6-10-17)28(36)25-22(29)23(26(30)34)32-39-25/h3,5-6,9-10,13-15,19,24H,4,7-8,11-12,16,29H2,1-2H3,(H2,30,34)(H,31,35)/t24-/m1/s1. The molecular weight excluding hydrogens is 518 g/mol. The molecular formula is C28H33N5O5S. The van der Waals surface area contributed by atoms with Crippen LogP contribution >= 0.6 is 11.5 Å². The van der Waals surface area contributed by atoms with E-state index in [9.17, 15) is 14.4 Å². The molecule has 1 atom stereocenters. The maximum Gasteiger partial charge on any atom is 0.270 e. The third kappa shape index (κ3) is 6.31. The molecule has 206 valence electrons. The molecule has 1 fully saturated rings. The molecule has 0 radical (unpaired) electrons. The lowest BCUT2D eigenvalue weighted by Crippen LogP contribution is -2.46. The highest BCUT2D eigenvalue weighted by Crippen LogP contribution is 2.35. The molecule has 10 nitrogen and oxygen atoms in total. The van der Waals surface area contributed by atoms with E-state index >= 15 is 0 Å². The van der Waals surface area contributed by atoms with Crippen LogP contribution in [0.1, 0.15) is 69.4 Å². The summed E-state index contributed by atoms with van der Waals surface area (Å²) in [6, 6.07) is 13.4. The van der Waals surface area contributed by atoms with E-state index in [0.717, 1.165) is 49.2 Å². The van der Waals surface area contributed by atoms with Crippen molar-refractivity contribution in [3.63, 3.8) is 0 Å². The maximum atomic E-state index is 14.1. The Morgan fingerprint density at radius 1 is 1.05 bits per heavy atom. The number of aromatic nitrogens is 1.